The molecule has 9 aromatic carbocycles. The average Bonchev–Trinajstić information content (AvgIpc) is 3.78. The third kappa shape index (κ3) is 5.96. The van der Waals surface area contributed by atoms with E-state index in [-0.39, 0.29) is 5.41 Å². The zero-order valence-corrected chi connectivity index (χ0v) is 33.1. The van der Waals surface area contributed by atoms with E-state index in [1.807, 2.05) is 6.07 Å². The van der Waals surface area contributed by atoms with Gasteiger partial charge in [0.05, 0.1) is 0 Å². The maximum Gasteiger partial charge on any atom is 0.136 e. The van der Waals surface area contributed by atoms with Crippen molar-refractivity contribution in [3.63, 3.8) is 0 Å². The van der Waals surface area contributed by atoms with Crippen LogP contribution in [0.1, 0.15) is 25.0 Å². The highest BCUT2D eigenvalue weighted by molar-refractivity contribution is 6.09. The third-order valence-corrected chi connectivity index (χ3v) is 12.3. The number of benzene rings is 9. The lowest BCUT2D eigenvalue weighted by Gasteiger charge is -2.28. The Bertz CT molecular complexity index is 3060. The quantitative estimate of drug-likeness (QED) is 0.161. The van der Waals surface area contributed by atoms with Crippen LogP contribution in [-0.2, 0) is 5.41 Å². The standard InChI is InChI=1S/C57H41NO/c1-57(2)53-34-43(51-37-56-52(49-20-12-13-21-55(49)59-56)36-50(51)42-18-10-5-11-19-42)26-32-47(53)48-33-31-46(35-54(48)57)58(44-27-22-40(23-28-44)38-14-6-3-7-15-38)45-29-24-41(25-30-45)39-16-8-4-9-17-39/h3-37H,1-2H3. The molecular formula is C57H41NO. The van der Waals surface area contributed by atoms with Crippen LogP contribution >= 0.6 is 0 Å². The van der Waals surface area contributed by atoms with Gasteiger partial charge in [0.2, 0.25) is 0 Å². The second-order valence-corrected chi connectivity index (χ2v) is 16.1. The molecule has 0 saturated carbocycles. The average molecular weight is 756 g/mol. The van der Waals surface area contributed by atoms with E-state index in [9.17, 15) is 0 Å². The first-order valence-corrected chi connectivity index (χ1v) is 20.4. The van der Waals surface area contributed by atoms with Crippen LogP contribution in [0, 0.1) is 0 Å². The van der Waals surface area contributed by atoms with Crippen molar-refractivity contribution in [1.29, 1.82) is 0 Å². The minimum absolute atomic E-state index is 0.243. The minimum Gasteiger partial charge on any atom is -0.456 e. The Balaban J connectivity index is 1.01. The number of nitrogens with zero attached hydrogens (tertiary/aromatic N) is 1. The van der Waals surface area contributed by atoms with Crippen LogP contribution in [0.15, 0.2) is 217 Å². The van der Waals surface area contributed by atoms with Gasteiger partial charge in [-0.15, -0.1) is 0 Å². The molecular weight excluding hydrogens is 715 g/mol. The lowest BCUT2D eigenvalue weighted by atomic mass is 9.81. The molecule has 0 N–H and O–H groups in total. The fourth-order valence-electron chi connectivity index (χ4n) is 9.21. The molecule has 10 aromatic rings. The Labute approximate surface area is 345 Å². The van der Waals surface area contributed by atoms with Crippen LogP contribution < -0.4 is 4.90 Å². The summed E-state index contributed by atoms with van der Waals surface area (Å²) in [5, 5.41) is 2.28. The SMILES string of the molecule is CC1(C)c2cc(-c3cc4oc5ccccc5c4cc3-c3ccccc3)ccc2-c2ccc(N(c3ccc(-c4ccccc4)cc3)c3ccc(-c4ccccc4)cc3)cc21. The van der Waals surface area contributed by atoms with E-state index in [0.29, 0.717) is 0 Å². The molecule has 280 valence electrons. The highest BCUT2D eigenvalue weighted by Crippen LogP contribution is 2.52. The Hall–Kier alpha value is -7.42. The van der Waals surface area contributed by atoms with E-state index in [4.69, 9.17) is 4.42 Å². The normalized spacial score (nSPS) is 12.7. The topological polar surface area (TPSA) is 16.4 Å². The first kappa shape index (κ1) is 34.8. The molecule has 2 nitrogen and oxygen atoms in total. The van der Waals surface area contributed by atoms with Gasteiger partial charge in [0, 0.05) is 33.2 Å². The smallest absolute Gasteiger partial charge is 0.136 e. The van der Waals surface area contributed by atoms with Crippen LogP contribution in [0.2, 0.25) is 0 Å². The lowest BCUT2D eigenvalue weighted by Crippen LogP contribution is -2.16. The molecule has 2 heteroatoms. The summed E-state index contributed by atoms with van der Waals surface area (Å²) in [6.07, 6.45) is 0. The molecule has 0 spiro atoms. The van der Waals surface area contributed by atoms with Gasteiger partial charge in [-0.25, -0.2) is 0 Å². The molecule has 0 saturated heterocycles. The van der Waals surface area contributed by atoms with Crippen LogP contribution in [0.5, 0.6) is 0 Å². The van der Waals surface area contributed by atoms with Gasteiger partial charge < -0.3 is 9.32 Å². The monoisotopic (exact) mass is 755 g/mol. The van der Waals surface area contributed by atoms with Crippen molar-refractivity contribution in [3.05, 3.63) is 223 Å². The predicted molar refractivity (Wildman–Crippen MR) is 248 cm³/mol. The summed E-state index contributed by atoms with van der Waals surface area (Å²) in [6, 6.07) is 76.8. The summed E-state index contributed by atoms with van der Waals surface area (Å²) in [5.74, 6) is 0. The van der Waals surface area contributed by atoms with Crippen molar-refractivity contribution in [2.75, 3.05) is 4.90 Å². The molecule has 0 fully saturated rings. The molecule has 0 bridgehead atoms. The highest BCUT2D eigenvalue weighted by atomic mass is 16.3. The number of para-hydroxylation sites is 1. The number of rotatable bonds is 7. The number of fused-ring (bicyclic) bond motifs is 6. The van der Waals surface area contributed by atoms with E-state index in [2.05, 4.69) is 225 Å². The van der Waals surface area contributed by atoms with Crippen molar-refractivity contribution in [2.45, 2.75) is 19.3 Å². The van der Waals surface area contributed by atoms with E-state index in [0.717, 1.165) is 39.0 Å². The third-order valence-electron chi connectivity index (χ3n) is 12.3. The Morgan fingerprint density at radius 3 is 1.39 bits per heavy atom. The number of anilines is 3. The van der Waals surface area contributed by atoms with Crippen LogP contribution in [-0.4, -0.2) is 0 Å². The van der Waals surface area contributed by atoms with Gasteiger partial charge in [0.1, 0.15) is 11.2 Å². The molecule has 1 heterocycles. The van der Waals surface area contributed by atoms with Gasteiger partial charge in [-0.3, -0.25) is 0 Å². The zero-order chi connectivity index (χ0) is 39.5. The molecule has 1 aliphatic rings. The van der Waals surface area contributed by atoms with Crippen molar-refractivity contribution in [1.82, 2.24) is 0 Å². The Morgan fingerprint density at radius 1 is 0.322 bits per heavy atom. The van der Waals surface area contributed by atoms with E-state index in [1.54, 1.807) is 0 Å². The fourth-order valence-corrected chi connectivity index (χ4v) is 9.21. The number of hydrogen-bond donors (Lipinski definition) is 0. The Morgan fingerprint density at radius 2 is 0.780 bits per heavy atom. The summed E-state index contributed by atoms with van der Waals surface area (Å²) < 4.78 is 6.45. The number of hydrogen-bond acceptors (Lipinski definition) is 2. The van der Waals surface area contributed by atoms with Crippen molar-refractivity contribution in [2.24, 2.45) is 0 Å². The molecule has 0 aliphatic heterocycles. The molecule has 11 rings (SSSR count). The van der Waals surface area contributed by atoms with Gasteiger partial charge in [0.25, 0.3) is 0 Å². The van der Waals surface area contributed by atoms with Gasteiger partial charge in [-0.05, 0) is 127 Å². The van der Waals surface area contributed by atoms with Crippen LogP contribution in [0.3, 0.4) is 0 Å². The molecule has 0 amide bonds. The number of furan rings is 1. The van der Waals surface area contributed by atoms with Gasteiger partial charge in [-0.1, -0.05) is 166 Å². The van der Waals surface area contributed by atoms with Crippen LogP contribution in [0.4, 0.5) is 17.1 Å². The molecule has 0 radical (unpaired) electrons. The van der Waals surface area contributed by atoms with Crippen molar-refractivity contribution >= 4 is 39.0 Å². The largest absolute Gasteiger partial charge is 0.456 e. The van der Waals surface area contributed by atoms with E-state index < -0.39 is 0 Å². The van der Waals surface area contributed by atoms with Gasteiger partial charge >= 0.3 is 0 Å². The highest BCUT2D eigenvalue weighted by Gasteiger charge is 2.36. The maximum absolute atomic E-state index is 6.45. The van der Waals surface area contributed by atoms with E-state index in [1.165, 1.54) is 66.8 Å². The fraction of sp³-hybridized carbons (Fsp3) is 0.0526. The molecule has 1 aliphatic carbocycles. The van der Waals surface area contributed by atoms with E-state index >= 15 is 0 Å². The second kappa shape index (κ2) is 13.9. The zero-order valence-electron chi connectivity index (χ0n) is 33.1. The second-order valence-electron chi connectivity index (χ2n) is 16.1. The summed E-state index contributed by atoms with van der Waals surface area (Å²) in [6.45, 7) is 4.75. The Kier molecular flexibility index (Phi) is 8.20. The van der Waals surface area contributed by atoms with Gasteiger partial charge in [0.15, 0.2) is 0 Å². The maximum atomic E-state index is 6.45. The van der Waals surface area contributed by atoms with Crippen molar-refractivity contribution in [3.8, 4) is 55.6 Å². The summed E-state index contributed by atoms with van der Waals surface area (Å²) >= 11 is 0. The lowest BCUT2D eigenvalue weighted by molar-refractivity contribution is 0.660. The molecule has 1 aromatic heterocycles. The minimum atomic E-state index is -0.243. The summed E-state index contributed by atoms with van der Waals surface area (Å²) in [4.78, 5) is 2.39. The molecule has 0 atom stereocenters. The van der Waals surface area contributed by atoms with Crippen molar-refractivity contribution < 1.29 is 4.42 Å². The molecule has 0 unspecified atom stereocenters. The molecule has 59 heavy (non-hydrogen) atoms. The summed E-state index contributed by atoms with van der Waals surface area (Å²) in [5.41, 5.74) is 19.7. The van der Waals surface area contributed by atoms with Gasteiger partial charge in [-0.2, -0.15) is 0 Å². The first-order chi connectivity index (χ1) is 29.0. The van der Waals surface area contributed by atoms with Crippen LogP contribution in [0.25, 0.3) is 77.6 Å². The first-order valence-electron chi connectivity index (χ1n) is 20.4. The summed E-state index contributed by atoms with van der Waals surface area (Å²) in [7, 11) is 0. The predicted octanol–water partition coefficient (Wildman–Crippen LogP) is 16.0.